The number of methoxy groups -OCH3 is 1. The number of benzene rings is 1. The molecule has 2 heterocycles. The fourth-order valence-electron chi connectivity index (χ4n) is 3.58. The summed E-state index contributed by atoms with van der Waals surface area (Å²) in [4.78, 5) is 24.1. The molecule has 6 nitrogen and oxygen atoms in total. The van der Waals surface area contributed by atoms with E-state index in [4.69, 9.17) is 15.5 Å². The molecular formula is C25H32N4O2. The number of nitrogens with one attached hydrogen (secondary N) is 1. The molecule has 0 saturated heterocycles. The molecule has 6 heteroatoms. The van der Waals surface area contributed by atoms with Crippen LogP contribution in [0.2, 0.25) is 0 Å². The molecule has 0 saturated carbocycles. The molecule has 0 spiro atoms. The summed E-state index contributed by atoms with van der Waals surface area (Å²) in [5, 5.41) is 1.03. The maximum atomic E-state index is 11.4. The number of nitrogens with zero attached hydrogens (tertiary/aromatic N) is 2. The molecule has 31 heavy (non-hydrogen) atoms. The van der Waals surface area contributed by atoms with Gasteiger partial charge in [-0.05, 0) is 38.3 Å². The lowest BCUT2D eigenvalue weighted by molar-refractivity contribution is -0.118. The van der Waals surface area contributed by atoms with E-state index in [0.29, 0.717) is 19.3 Å². The summed E-state index contributed by atoms with van der Waals surface area (Å²) >= 11 is 0. The second-order valence-corrected chi connectivity index (χ2v) is 7.95. The molecule has 0 aliphatic carbocycles. The van der Waals surface area contributed by atoms with E-state index in [0.717, 1.165) is 52.3 Å². The number of ether oxygens (including phenoxy) is 1. The van der Waals surface area contributed by atoms with Gasteiger partial charge in [0.25, 0.3) is 0 Å². The maximum absolute atomic E-state index is 11.4. The second kappa shape index (κ2) is 9.88. The number of hydrogen-bond donors (Lipinski definition) is 2. The quantitative estimate of drug-likeness (QED) is 0.439. The van der Waals surface area contributed by atoms with Crippen LogP contribution in [0.3, 0.4) is 0 Å². The highest BCUT2D eigenvalue weighted by Crippen LogP contribution is 2.34. The van der Waals surface area contributed by atoms with Gasteiger partial charge in [-0.3, -0.25) is 9.78 Å². The third-order valence-corrected chi connectivity index (χ3v) is 5.74. The van der Waals surface area contributed by atoms with Gasteiger partial charge in [0.2, 0.25) is 0 Å². The van der Waals surface area contributed by atoms with E-state index >= 15 is 0 Å². The molecule has 0 aliphatic rings. The Hall–Kier alpha value is -2.99. The first-order valence-corrected chi connectivity index (χ1v) is 10.9. The minimum atomic E-state index is -0.605. The van der Waals surface area contributed by atoms with Gasteiger partial charge in [-0.15, -0.1) is 0 Å². The average Bonchev–Trinajstić information content (AvgIpc) is 3.28. The highest BCUT2D eigenvalue weighted by molar-refractivity contribution is 5.87. The number of H-pyrrole nitrogens is 1. The molecule has 2 aromatic heterocycles. The van der Waals surface area contributed by atoms with Crippen LogP contribution in [0.15, 0.2) is 42.6 Å². The van der Waals surface area contributed by atoms with Gasteiger partial charge in [-0.25, -0.2) is 4.98 Å². The number of pyridine rings is 1. The maximum Gasteiger partial charge on any atom is 0.132 e. The highest BCUT2D eigenvalue weighted by atomic mass is 16.5. The van der Waals surface area contributed by atoms with Crippen molar-refractivity contribution >= 4 is 16.7 Å². The topological polar surface area (TPSA) is 93.9 Å². The van der Waals surface area contributed by atoms with E-state index < -0.39 is 5.54 Å². The fraction of sp³-hybridized carbons (Fsp3) is 0.400. The van der Waals surface area contributed by atoms with Crippen LogP contribution in [0.25, 0.3) is 22.2 Å². The zero-order valence-corrected chi connectivity index (χ0v) is 18.9. The van der Waals surface area contributed by atoms with Gasteiger partial charge in [0.1, 0.15) is 17.4 Å². The normalized spacial score (nSPS) is 13.6. The van der Waals surface area contributed by atoms with Crippen LogP contribution in [0.5, 0.6) is 5.75 Å². The molecule has 3 rings (SSSR count). The molecular weight excluding hydrogens is 388 g/mol. The highest BCUT2D eigenvalue weighted by Gasteiger charge is 2.28. The Morgan fingerprint density at radius 3 is 2.74 bits per heavy atom. The summed E-state index contributed by atoms with van der Waals surface area (Å²) in [5.41, 5.74) is 9.64. The summed E-state index contributed by atoms with van der Waals surface area (Å²) in [6.45, 7) is 5.92. The van der Waals surface area contributed by atoms with E-state index in [9.17, 15) is 4.79 Å². The van der Waals surface area contributed by atoms with Crippen molar-refractivity contribution in [1.29, 1.82) is 0 Å². The largest absolute Gasteiger partial charge is 0.496 e. The van der Waals surface area contributed by atoms with Crippen molar-refractivity contribution in [1.82, 2.24) is 15.0 Å². The van der Waals surface area contributed by atoms with Crippen molar-refractivity contribution in [2.75, 3.05) is 7.11 Å². The Morgan fingerprint density at radius 2 is 2.03 bits per heavy atom. The molecule has 0 aliphatic heterocycles. The summed E-state index contributed by atoms with van der Waals surface area (Å²) in [5.74, 6) is 1.75. The number of carbonyl (C=O) groups is 1. The summed E-state index contributed by atoms with van der Waals surface area (Å²) in [7, 11) is 1.65. The zero-order valence-electron chi connectivity index (χ0n) is 18.9. The van der Waals surface area contributed by atoms with Crippen LogP contribution < -0.4 is 10.5 Å². The van der Waals surface area contributed by atoms with E-state index in [2.05, 4.69) is 35.1 Å². The van der Waals surface area contributed by atoms with Gasteiger partial charge in [0, 0.05) is 41.7 Å². The van der Waals surface area contributed by atoms with E-state index in [1.54, 1.807) is 7.11 Å². The number of aromatic nitrogens is 3. The van der Waals surface area contributed by atoms with Crippen molar-refractivity contribution in [3.05, 3.63) is 54.1 Å². The minimum Gasteiger partial charge on any atom is -0.496 e. The third kappa shape index (κ3) is 5.20. The monoisotopic (exact) mass is 420 g/mol. The molecule has 1 unspecified atom stereocenters. The van der Waals surface area contributed by atoms with Gasteiger partial charge < -0.3 is 15.5 Å². The number of rotatable bonds is 10. The summed E-state index contributed by atoms with van der Waals surface area (Å²) < 4.78 is 5.63. The van der Waals surface area contributed by atoms with Crippen LogP contribution in [-0.2, 0) is 10.3 Å². The molecule has 164 valence electrons. The summed E-state index contributed by atoms with van der Waals surface area (Å²) in [6, 6.07) is 8.05. The van der Waals surface area contributed by atoms with Gasteiger partial charge in [-0.1, -0.05) is 32.1 Å². The number of fused-ring (bicyclic) bond motifs is 1. The van der Waals surface area contributed by atoms with Gasteiger partial charge in [0.05, 0.1) is 23.9 Å². The Bertz CT molecular complexity index is 1090. The van der Waals surface area contributed by atoms with Crippen molar-refractivity contribution in [2.24, 2.45) is 5.73 Å². The van der Waals surface area contributed by atoms with Crippen LogP contribution in [0, 0.1) is 6.92 Å². The van der Waals surface area contributed by atoms with Crippen molar-refractivity contribution in [3.63, 3.8) is 0 Å². The number of hydrogen-bond acceptors (Lipinski definition) is 5. The van der Waals surface area contributed by atoms with Gasteiger partial charge in [-0.2, -0.15) is 0 Å². The first-order valence-electron chi connectivity index (χ1n) is 10.9. The molecule has 0 amide bonds. The molecule has 0 radical (unpaired) electrons. The van der Waals surface area contributed by atoms with Gasteiger partial charge in [0.15, 0.2) is 0 Å². The second-order valence-electron chi connectivity index (χ2n) is 7.95. The minimum absolute atomic E-state index is 0.282. The van der Waals surface area contributed by atoms with Crippen molar-refractivity contribution in [2.45, 2.75) is 58.4 Å². The smallest absolute Gasteiger partial charge is 0.132 e. The Labute approximate surface area is 183 Å². The first kappa shape index (κ1) is 22.7. The molecule has 3 aromatic rings. The van der Waals surface area contributed by atoms with Gasteiger partial charge >= 0.3 is 0 Å². The van der Waals surface area contributed by atoms with Crippen LogP contribution in [0.4, 0.5) is 0 Å². The predicted molar refractivity (Wildman–Crippen MR) is 125 cm³/mol. The van der Waals surface area contributed by atoms with Crippen molar-refractivity contribution < 1.29 is 9.53 Å². The van der Waals surface area contributed by atoms with Crippen LogP contribution in [0.1, 0.15) is 57.5 Å². The van der Waals surface area contributed by atoms with Crippen LogP contribution in [-0.4, -0.2) is 27.8 Å². The lowest BCUT2D eigenvalue weighted by atomic mass is 9.92. The number of ketones is 1. The molecule has 0 bridgehead atoms. The lowest BCUT2D eigenvalue weighted by Gasteiger charge is -2.24. The Balaban J connectivity index is 1.84. The molecule has 1 aromatic carbocycles. The number of aromatic amines is 1. The molecule has 1 atom stereocenters. The number of aryl methyl sites for hydroxylation is 1. The lowest BCUT2D eigenvalue weighted by Crippen LogP contribution is -2.36. The van der Waals surface area contributed by atoms with Crippen LogP contribution >= 0.6 is 0 Å². The van der Waals surface area contributed by atoms with E-state index in [1.807, 2.05) is 38.3 Å². The average molecular weight is 421 g/mol. The Kier molecular flexibility index (Phi) is 7.23. The fourth-order valence-corrected chi connectivity index (χ4v) is 3.58. The predicted octanol–water partition coefficient (Wildman–Crippen LogP) is 5.21. The zero-order chi connectivity index (χ0) is 22.4. The standard InChI is InChI=1S/C25H32N4O2/c1-5-19(30)10-8-7-9-13-25(26,6-2)24-27-16-22(29-24)20-14-18-12-11-17(3)28-21(18)15-23(20)31-4/h7,9,11-12,14-16H,5-6,8,10,13,26H2,1-4H3,(H,27,29)/b9-7+. The third-order valence-electron chi connectivity index (χ3n) is 5.74. The Morgan fingerprint density at radius 1 is 1.23 bits per heavy atom. The molecule has 0 fully saturated rings. The van der Waals surface area contributed by atoms with E-state index in [-0.39, 0.29) is 5.78 Å². The number of carbonyl (C=O) groups excluding carboxylic acids is 1. The SMILES string of the molecule is CCC(=O)CC/C=C/CC(N)(CC)c1nc(-c2cc3ccc(C)nc3cc2OC)c[nH]1. The molecule has 3 N–H and O–H groups in total. The number of imidazole rings is 1. The van der Waals surface area contributed by atoms with E-state index in [1.165, 1.54) is 0 Å². The van der Waals surface area contributed by atoms with Crippen molar-refractivity contribution in [3.8, 4) is 17.0 Å². The number of Topliss-reactive ketones (excluding diaryl/α,β-unsaturated/α-hetero) is 1. The summed E-state index contributed by atoms with van der Waals surface area (Å²) in [6.07, 6.45) is 9.27. The number of nitrogens with two attached hydrogens (primary N) is 1. The number of allylic oxidation sites excluding steroid dienone is 1. The first-order chi connectivity index (χ1) is 14.9.